The lowest BCUT2D eigenvalue weighted by Gasteiger charge is -2.15. The molecule has 1 aliphatic rings. The van der Waals surface area contributed by atoms with Gasteiger partial charge in [0.2, 0.25) is 0 Å². The van der Waals surface area contributed by atoms with E-state index in [-0.39, 0.29) is 11.9 Å². The molecule has 1 heterocycles. The van der Waals surface area contributed by atoms with Crippen LogP contribution in [0.5, 0.6) is 11.5 Å². The molecule has 0 saturated carbocycles. The van der Waals surface area contributed by atoms with Gasteiger partial charge in [-0.3, -0.25) is 4.99 Å². The lowest BCUT2D eigenvalue weighted by molar-refractivity contribution is 0.114. The first-order chi connectivity index (χ1) is 10.2. The third-order valence-corrected chi connectivity index (χ3v) is 3.48. The van der Waals surface area contributed by atoms with E-state index in [2.05, 4.69) is 15.6 Å². The molecule has 1 unspecified atom stereocenters. The topological polar surface area (TPSA) is 75.1 Å². The van der Waals surface area contributed by atoms with E-state index in [1.165, 1.54) is 0 Å². The van der Waals surface area contributed by atoms with Crippen LogP contribution in [0.3, 0.4) is 0 Å². The van der Waals surface area contributed by atoms with Gasteiger partial charge in [-0.05, 0) is 31.0 Å². The van der Waals surface area contributed by atoms with E-state index in [9.17, 15) is 5.11 Å². The molecule has 0 bridgehead atoms. The second kappa shape index (κ2) is 7.73. The standard InChI is InChI=1S/C15H23N3O3/c1-16-15(18-10-13-4-3-7-21-13)17-9-11-8-12(20-2)5-6-14(11)19/h5-6,8,13,19H,3-4,7,9-10H2,1-2H3,(H2,16,17,18). The SMILES string of the molecule is CN=C(NCc1cc(OC)ccc1O)NCC1CCCO1. The molecule has 0 aromatic heterocycles. The number of nitrogens with zero attached hydrogens (tertiary/aromatic N) is 1. The van der Waals surface area contributed by atoms with Crippen LogP contribution in [0, 0.1) is 0 Å². The largest absolute Gasteiger partial charge is 0.508 e. The summed E-state index contributed by atoms with van der Waals surface area (Å²) >= 11 is 0. The zero-order valence-electron chi connectivity index (χ0n) is 12.6. The molecule has 0 radical (unpaired) electrons. The Kier molecular flexibility index (Phi) is 5.68. The van der Waals surface area contributed by atoms with Gasteiger partial charge < -0.3 is 25.2 Å². The summed E-state index contributed by atoms with van der Waals surface area (Å²) < 4.78 is 10.7. The highest BCUT2D eigenvalue weighted by atomic mass is 16.5. The van der Waals surface area contributed by atoms with Crippen LogP contribution >= 0.6 is 0 Å². The molecule has 1 saturated heterocycles. The van der Waals surface area contributed by atoms with Gasteiger partial charge in [-0.15, -0.1) is 0 Å². The number of phenolic OH excluding ortho intramolecular Hbond substituents is 1. The highest BCUT2D eigenvalue weighted by Crippen LogP contribution is 2.22. The number of hydrogen-bond acceptors (Lipinski definition) is 4. The summed E-state index contributed by atoms with van der Waals surface area (Å²) in [6.07, 6.45) is 2.46. The first-order valence-corrected chi connectivity index (χ1v) is 7.15. The first kappa shape index (κ1) is 15.4. The molecular weight excluding hydrogens is 270 g/mol. The van der Waals surface area contributed by atoms with E-state index >= 15 is 0 Å². The Morgan fingerprint density at radius 1 is 1.48 bits per heavy atom. The van der Waals surface area contributed by atoms with Crippen molar-refractivity contribution in [3.05, 3.63) is 23.8 Å². The number of hydrogen-bond donors (Lipinski definition) is 3. The molecule has 1 aromatic rings. The van der Waals surface area contributed by atoms with Crippen LogP contribution < -0.4 is 15.4 Å². The zero-order chi connectivity index (χ0) is 15.1. The number of nitrogens with one attached hydrogen (secondary N) is 2. The number of guanidine groups is 1. The van der Waals surface area contributed by atoms with E-state index in [4.69, 9.17) is 9.47 Å². The Hall–Kier alpha value is -1.95. The number of ether oxygens (including phenoxy) is 2. The van der Waals surface area contributed by atoms with E-state index in [0.29, 0.717) is 18.3 Å². The summed E-state index contributed by atoms with van der Waals surface area (Å²) in [6.45, 7) is 2.05. The highest BCUT2D eigenvalue weighted by molar-refractivity contribution is 5.79. The van der Waals surface area contributed by atoms with Gasteiger partial charge in [0, 0.05) is 32.3 Å². The molecule has 1 aliphatic heterocycles. The van der Waals surface area contributed by atoms with Crippen molar-refractivity contribution in [1.29, 1.82) is 0 Å². The highest BCUT2D eigenvalue weighted by Gasteiger charge is 2.15. The van der Waals surface area contributed by atoms with Gasteiger partial charge in [-0.25, -0.2) is 0 Å². The van der Waals surface area contributed by atoms with Crippen molar-refractivity contribution in [3.8, 4) is 11.5 Å². The smallest absolute Gasteiger partial charge is 0.191 e. The zero-order valence-corrected chi connectivity index (χ0v) is 12.6. The summed E-state index contributed by atoms with van der Waals surface area (Å²) in [5.41, 5.74) is 0.759. The number of aliphatic imine (C=N–C) groups is 1. The average Bonchev–Trinajstić information content (AvgIpc) is 3.02. The molecule has 0 amide bonds. The third-order valence-electron chi connectivity index (χ3n) is 3.48. The normalized spacial score (nSPS) is 18.6. The van der Waals surface area contributed by atoms with Crippen molar-refractivity contribution in [2.45, 2.75) is 25.5 Å². The molecule has 1 fully saturated rings. The van der Waals surface area contributed by atoms with E-state index < -0.39 is 0 Å². The Balaban J connectivity index is 1.84. The van der Waals surface area contributed by atoms with Crippen molar-refractivity contribution in [1.82, 2.24) is 10.6 Å². The fourth-order valence-corrected chi connectivity index (χ4v) is 2.25. The monoisotopic (exact) mass is 293 g/mol. The summed E-state index contributed by atoms with van der Waals surface area (Å²) in [4.78, 5) is 4.16. The lowest BCUT2D eigenvalue weighted by Crippen LogP contribution is -2.40. The van der Waals surface area contributed by atoms with Crippen LogP contribution in [0.2, 0.25) is 0 Å². The minimum atomic E-state index is 0.234. The van der Waals surface area contributed by atoms with Gasteiger partial charge in [-0.1, -0.05) is 0 Å². The second-order valence-corrected chi connectivity index (χ2v) is 4.94. The molecule has 6 heteroatoms. The third kappa shape index (κ3) is 4.53. The molecule has 0 aliphatic carbocycles. The maximum Gasteiger partial charge on any atom is 0.191 e. The molecule has 116 valence electrons. The van der Waals surface area contributed by atoms with E-state index in [1.54, 1.807) is 32.4 Å². The van der Waals surface area contributed by atoms with Crippen LogP contribution in [0.25, 0.3) is 0 Å². The van der Waals surface area contributed by atoms with Crippen LogP contribution in [0.4, 0.5) is 0 Å². The number of benzene rings is 1. The van der Waals surface area contributed by atoms with Gasteiger partial charge in [0.25, 0.3) is 0 Å². The molecule has 1 aromatic carbocycles. The van der Waals surface area contributed by atoms with Crippen molar-refractivity contribution < 1.29 is 14.6 Å². The van der Waals surface area contributed by atoms with Crippen LogP contribution in [-0.4, -0.2) is 44.5 Å². The molecule has 0 spiro atoms. The summed E-state index contributed by atoms with van der Waals surface area (Å²) in [7, 11) is 3.32. The molecular formula is C15H23N3O3. The van der Waals surface area contributed by atoms with Gasteiger partial charge in [-0.2, -0.15) is 0 Å². The number of methoxy groups -OCH3 is 1. The Morgan fingerprint density at radius 3 is 3.00 bits per heavy atom. The minimum Gasteiger partial charge on any atom is -0.508 e. The maximum absolute atomic E-state index is 9.84. The number of phenols is 1. The summed E-state index contributed by atoms with van der Waals surface area (Å²) in [5.74, 6) is 1.64. The van der Waals surface area contributed by atoms with Crippen molar-refractivity contribution in [2.75, 3.05) is 27.3 Å². The van der Waals surface area contributed by atoms with E-state index in [0.717, 1.165) is 31.6 Å². The van der Waals surface area contributed by atoms with Gasteiger partial charge in [0.05, 0.1) is 13.2 Å². The Morgan fingerprint density at radius 2 is 2.33 bits per heavy atom. The fraction of sp³-hybridized carbons (Fsp3) is 0.533. The summed E-state index contributed by atoms with van der Waals surface area (Å²) in [5, 5.41) is 16.2. The Labute approximate surface area is 125 Å². The van der Waals surface area contributed by atoms with Crippen molar-refractivity contribution in [3.63, 3.8) is 0 Å². The predicted octanol–water partition coefficient (Wildman–Crippen LogP) is 1.24. The van der Waals surface area contributed by atoms with Gasteiger partial charge in [0.15, 0.2) is 5.96 Å². The molecule has 21 heavy (non-hydrogen) atoms. The summed E-state index contributed by atoms with van der Waals surface area (Å²) in [6, 6.07) is 5.15. The van der Waals surface area contributed by atoms with Crippen molar-refractivity contribution in [2.24, 2.45) is 4.99 Å². The van der Waals surface area contributed by atoms with Gasteiger partial charge in [0.1, 0.15) is 11.5 Å². The predicted molar refractivity (Wildman–Crippen MR) is 81.8 cm³/mol. The average molecular weight is 293 g/mol. The number of aromatic hydroxyl groups is 1. The van der Waals surface area contributed by atoms with Crippen LogP contribution in [0.15, 0.2) is 23.2 Å². The number of rotatable bonds is 5. The molecule has 3 N–H and O–H groups in total. The lowest BCUT2D eigenvalue weighted by atomic mass is 10.2. The molecule has 2 rings (SSSR count). The molecule has 1 atom stereocenters. The van der Waals surface area contributed by atoms with Gasteiger partial charge >= 0.3 is 0 Å². The fourth-order valence-electron chi connectivity index (χ4n) is 2.25. The molecule has 6 nitrogen and oxygen atoms in total. The van der Waals surface area contributed by atoms with Crippen LogP contribution in [0.1, 0.15) is 18.4 Å². The quantitative estimate of drug-likeness (QED) is 0.563. The van der Waals surface area contributed by atoms with Crippen molar-refractivity contribution >= 4 is 5.96 Å². The first-order valence-electron chi connectivity index (χ1n) is 7.15. The Bertz CT molecular complexity index is 485. The van der Waals surface area contributed by atoms with Crippen LogP contribution in [-0.2, 0) is 11.3 Å². The minimum absolute atomic E-state index is 0.234. The maximum atomic E-state index is 9.84. The van der Waals surface area contributed by atoms with E-state index in [1.807, 2.05) is 0 Å². The second-order valence-electron chi connectivity index (χ2n) is 4.94.